The molecule has 0 radical (unpaired) electrons. The first-order valence-corrected chi connectivity index (χ1v) is 7.50. The van der Waals surface area contributed by atoms with E-state index in [0.717, 1.165) is 19.3 Å². The van der Waals surface area contributed by atoms with Crippen molar-refractivity contribution in [3.05, 3.63) is 57.3 Å². The summed E-state index contributed by atoms with van der Waals surface area (Å²) in [6.07, 6.45) is 3.30. The molecule has 1 aliphatic rings. The number of aryl methyl sites for hydroxylation is 1. The van der Waals surface area contributed by atoms with Gasteiger partial charge in [-0.05, 0) is 42.5 Å². The predicted octanol–water partition coefficient (Wildman–Crippen LogP) is 3.52. The summed E-state index contributed by atoms with van der Waals surface area (Å²) in [5, 5.41) is 0. The molecule has 1 aromatic heterocycles. The second-order valence-electron chi connectivity index (χ2n) is 5.10. The van der Waals surface area contributed by atoms with Crippen LogP contribution in [-0.4, -0.2) is 6.04 Å². The molecule has 2 aromatic rings. The lowest BCUT2D eigenvalue weighted by Crippen LogP contribution is -2.37. The normalized spacial score (nSPS) is 19.1. The van der Waals surface area contributed by atoms with Crippen molar-refractivity contribution in [2.75, 3.05) is 0 Å². The number of hydrogen-bond donors (Lipinski definition) is 1. The zero-order valence-electron chi connectivity index (χ0n) is 10.7. The fourth-order valence-corrected chi connectivity index (χ4v) is 3.81. The monoisotopic (exact) mass is 257 g/mol. The van der Waals surface area contributed by atoms with Gasteiger partial charge in [0.1, 0.15) is 0 Å². The number of rotatable bonds is 4. The highest BCUT2D eigenvalue weighted by atomic mass is 32.1. The van der Waals surface area contributed by atoms with Crippen molar-refractivity contribution in [2.45, 2.75) is 38.1 Å². The van der Waals surface area contributed by atoms with E-state index in [-0.39, 0.29) is 6.04 Å². The van der Waals surface area contributed by atoms with Crippen molar-refractivity contribution in [2.24, 2.45) is 5.73 Å². The molecule has 94 valence electrons. The molecular formula is C16H19NS. The Hall–Kier alpha value is -1.12. The summed E-state index contributed by atoms with van der Waals surface area (Å²) in [6, 6.07) is 13.4. The van der Waals surface area contributed by atoms with Crippen molar-refractivity contribution in [3.8, 4) is 0 Å². The second kappa shape index (κ2) is 4.87. The maximum atomic E-state index is 6.38. The van der Waals surface area contributed by atoms with E-state index >= 15 is 0 Å². The van der Waals surface area contributed by atoms with Gasteiger partial charge in [-0.15, -0.1) is 11.3 Å². The Labute approximate surface area is 113 Å². The summed E-state index contributed by atoms with van der Waals surface area (Å²) in [5.74, 6) is 0.563. The van der Waals surface area contributed by atoms with Crippen LogP contribution >= 0.6 is 11.3 Å². The van der Waals surface area contributed by atoms with E-state index in [0.29, 0.717) is 5.92 Å². The molecule has 0 amide bonds. The minimum atomic E-state index is 0.267. The fraction of sp³-hybridized carbons (Fsp3) is 0.375. The van der Waals surface area contributed by atoms with Crippen molar-refractivity contribution < 1.29 is 0 Å². The lowest BCUT2D eigenvalue weighted by atomic mass is 9.73. The Morgan fingerprint density at radius 2 is 2.00 bits per heavy atom. The van der Waals surface area contributed by atoms with Crippen molar-refractivity contribution in [1.82, 2.24) is 0 Å². The van der Waals surface area contributed by atoms with E-state index in [1.54, 1.807) is 0 Å². The van der Waals surface area contributed by atoms with Gasteiger partial charge in [-0.1, -0.05) is 31.2 Å². The standard InChI is InChI=1S/C16H19NS/c1-2-12-7-8-13(18-12)10-16(17)15-9-11-5-3-4-6-14(11)15/h3-8,15-16H,2,9-10,17H2,1H3. The van der Waals surface area contributed by atoms with E-state index < -0.39 is 0 Å². The molecule has 0 aliphatic heterocycles. The van der Waals surface area contributed by atoms with Crippen molar-refractivity contribution in [3.63, 3.8) is 0 Å². The van der Waals surface area contributed by atoms with Gasteiger partial charge in [0.25, 0.3) is 0 Å². The van der Waals surface area contributed by atoms with Crippen LogP contribution in [0.1, 0.15) is 33.7 Å². The molecule has 0 bridgehead atoms. The van der Waals surface area contributed by atoms with Crippen LogP contribution in [0.25, 0.3) is 0 Å². The van der Waals surface area contributed by atoms with Gasteiger partial charge in [0.05, 0.1) is 0 Å². The minimum absolute atomic E-state index is 0.267. The van der Waals surface area contributed by atoms with Crippen LogP contribution in [0.3, 0.4) is 0 Å². The average molecular weight is 257 g/mol. The number of hydrogen-bond acceptors (Lipinski definition) is 2. The molecule has 2 unspecified atom stereocenters. The van der Waals surface area contributed by atoms with Gasteiger partial charge in [-0.2, -0.15) is 0 Å². The van der Waals surface area contributed by atoms with Crippen LogP contribution in [-0.2, 0) is 19.3 Å². The smallest absolute Gasteiger partial charge is 0.0160 e. The maximum absolute atomic E-state index is 6.38. The number of benzene rings is 1. The molecule has 2 atom stereocenters. The Morgan fingerprint density at radius 3 is 2.72 bits per heavy atom. The lowest BCUT2D eigenvalue weighted by molar-refractivity contribution is 0.483. The largest absolute Gasteiger partial charge is 0.327 e. The van der Waals surface area contributed by atoms with Crippen LogP contribution in [0.15, 0.2) is 36.4 Å². The first-order chi connectivity index (χ1) is 8.78. The molecule has 0 spiro atoms. The third-order valence-electron chi connectivity index (χ3n) is 3.91. The van der Waals surface area contributed by atoms with E-state index in [1.807, 2.05) is 11.3 Å². The van der Waals surface area contributed by atoms with Gasteiger partial charge in [0.15, 0.2) is 0 Å². The SMILES string of the molecule is CCc1ccc(CC(N)C2Cc3ccccc32)s1. The first-order valence-electron chi connectivity index (χ1n) is 6.69. The lowest BCUT2D eigenvalue weighted by Gasteiger charge is -2.34. The number of thiophene rings is 1. The van der Waals surface area contributed by atoms with Crippen LogP contribution in [0.4, 0.5) is 0 Å². The van der Waals surface area contributed by atoms with E-state index in [4.69, 9.17) is 5.73 Å². The van der Waals surface area contributed by atoms with Gasteiger partial charge in [-0.3, -0.25) is 0 Å². The molecule has 1 aromatic carbocycles. The Kier molecular flexibility index (Phi) is 3.23. The summed E-state index contributed by atoms with van der Waals surface area (Å²) >= 11 is 1.91. The molecule has 2 N–H and O–H groups in total. The Balaban J connectivity index is 1.68. The highest BCUT2D eigenvalue weighted by molar-refractivity contribution is 7.11. The Morgan fingerprint density at radius 1 is 1.22 bits per heavy atom. The third kappa shape index (κ3) is 2.11. The average Bonchev–Trinajstić information content (AvgIpc) is 2.78. The summed E-state index contributed by atoms with van der Waals surface area (Å²) < 4.78 is 0. The zero-order chi connectivity index (χ0) is 12.5. The van der Waals surface area contributed by atoms with E-state index in [2.05, 4.69) is 43.3 Å². The summed E-state index contributed by atoms with van der Waals surface area (Å²) in [4.78, 5) is 2.90. The molecule has 1 nitrogen and oxygen atoms in total. The molecule has 0 saturated heterocycles. The minimum Gasteiger partial charge on any atom is -0.327 e. The Bertz CT molecular complexity index is 544. The van der Waals surface area contributed by atoms with Gasteiger partial charge in [0.2, 0.25) is 0 Å². The highest BCUT2D eigenvalue weighted by Gasteiger charge is 2.30. The van der Waals surface area contributed by atoms with Crippen molar-refractivity contribution >= 4 is 11.3 Å². The van der Waals surface area contributed by atoms with E-state index in [1.165, 1.54) is 20.9 Å². The zero-order valence-corrected chi connectivity index (χ0v) is 11.5. The van der Waals surface area contributed by atoms with Crippen LogP contribution in [0.2, 0.25) is 0 Å². The summed E-state index contributed by atoms with van der Waals surface area (Å²) in [5.41, 5.74) is 9.34. The quantitative estimate of drug-likeness (QED) is 0.891. The topological polar surface area (TPSA) is 26.0 Å². The second-order valence-corrected chi connectivity index (χ2v) is 6.35. The van der Waals surface area contributed by atoms with Gasteiger partial charge >= 0.3 is 0 Å². The highest BCUT2D eigenvalue weighted by Crippen LogP contribution is 2.37. The third-order valence-corrected chi connectivity index (χ3v) is 5.17. The number of nitrogens with two attached hydrogens (primary N) is 1. The number of fused-ring (bicyclic) bond motifs is 1. The molecule has 0 saturated carbocycles. The molecule has 18 heavy (non-hydrogen) atoms. The van der Waals surface area contributed by atoms with Gasteiger partial charge in [-0.25, -0.2) is 0 Å². The molecule has 1 heterocycles. The summed E-state index contributed by atoms with van der Waals surface area (Å²) in [7, 11) is 0. The van der Waals surface area contributed by atoms with Gasteiger partial charge < -0.3 is 5.73 Å². The van der Waals surface area contributed by atoms with Crippen LogP contribution in [0.5, 0.6) is 0 Å². The van der Waals surface area contributed by atoms with Crippen LogP contribution < -0.4 is 5.73 Å². The fourth-order valence-electron chi connectivity index (χ4n) is 2.78. The summed E-state index contributed by atoms with van der Waals surface area (Å²) in [6.45, 7) is 2.21. The molecule has 3 rings (SSSR count). The first kappa shape index (κ1) is 11.9. The van der Waals surface area contributed by atoms with Gasteiger partial charge in [0, 0.05) is 21.7 Å². The molecule has 1 aliphatic carbocycles. The predicted molar refractivity (Wildman–Crippen MR) is 78.3 cm³/mol. The maximum Gasteiger partial charge on any atom is 0.0160 e. The molecular weight excluding hydrogens is 238 g/mol. The van der Waals surface area contributed by atoms with E-state index in [9.17, 15) is 0 Å². The van der Waals surface area contributed by atoms with Crippen molar-refractivity contribution in [1.29, 1.82) is 0 Å². The molecule has 0 fully saturated rings. The molecule has 2 heteroatoms. The van der Waals surface area contributed by atoms with Crippen LogP contribution in [0, 0.1) is 0 Å².